The summed E-state index contributed by atoms with van der Waals surface area (Å²) in [6, 6.07) is 0. The molecule has 0 aromatic carbocycles. The largest absolute Gasteiger partial charge is 0.442 e. The smallest absolute Gasteiger partial charge is 0.407 e. The van der Waals surface area contributed by atoms with Crippen LogP contribution in [0.3, 0.4) is 0 Å². The van der Waals surface area contributed by atoms with E-state index in [1.807, 2.05) is 13.8 Å². The van der Waals surface area contributed by atoms with Crippen molar-refractivity contribution in [3.05, 3.63) is 0 Å². The molecule has 0 spiro atoms. The van der Waals surface area contributed by atoms with Gasteiger partial charge in [0.15, 0.2) is 0 Å². The molecule has 4 nitrogen and oxygen atoms in total. The first-order chi connectivity index (χ1) is 5.24. The molecule has 1 rings (SSSR count). The van der Waals surface area contributed by atoms with Crippen molar-refractivity contribution in [2.75, 3.05) is 13.2 Å². The third kappa shape index (κ3) is 2.08. The van der Waals surface area contributed by atoms with Gasteiger partial charge in [0, 0.05) is 6.61 Å². The van der Waals surface area contributed by atoms with Crippen LogP contribution in [0.4, 0.5) is 4.79 Å². The monoisotopic (exact) mass is 159 g/mol. The molecule has 2 atom stereocenters. The van der Waals surface area contributed by atoms with Gasteiger partial charge in [-0.05, 0) is 13.8 Å². The highest BCUT2D eigenvalue weighted by atomic mass is 16.6. The average molecular weight is 159 g/mol. The Hall–Kier alpha value is -0.770. The van der Waals surface area contributed by atoms with Crippen molar-refractivity contribution < 1.29 is 14.3 Å². The molecule has 0 aromatic heterocycles. The molecule has 64 valence electrons. The van der Waals surface area contributed by atoms with Gasteiger partial charge < -0.3 is 14.8 Å². The van der Waals surface area contributed by atoms with Crippen LogP contribution in [0.1, 0.15) is 13.8 Å². The molecule has 0 aliphatic carbocycles. The van der Waals surface area contributed by atoms with Gasteiger partial charge in [-0.1, -0.05) is 0 Å². The van der Waals surface area contributed by atoms with Gasteiger partial charge in [0.25, 0.3) is 0 Å². The van der Waals surface area contributed by atoms with Crippen LogP contribution in [-0.4, -0.2) is 31.5 Å². The number of nitrogens with one attached hydrogen (secondary N) is 1. The normalized spacial score (nSPS) is 26.0. The fourth-order valence-electron chi connectivity index (χ4n) is 1.04. The summed E-state index contributed by atoms with van der Waals surface area (Å²) in [5.74, 6) is 0. The van der Waals surface area contributed by atoms with Crippen molar-refractivity contribution in [2.45, 2.75) is 26.1 Å². The van der Waals surface area contributed by atoms with Crippen LogP contribution in [0.5, 0.6) is 0 Å². The molecule has 0 radical (unpaired) electrons. The van der Waals surface area contributed by atoms with Crippen LogP contribution in [0, 0.1) is 0 Å². The molecule has 1 heterocycles. The number of amides is 1. The minimum Gasteiger partial charge on any atom is -0.442 e. The van der Waals surface area contributed by atoms with Gasteiger partial charge in [-0.15, -0.1) is 0 Å². The molecular weight excluding hydrogens is 146 g/mol. The molecule has 4 heteroatoms. The topological polar surface area (TPSA) is 47.6 Å². The van der Waals surface area contributed by atoms with Crippen LogP contribution < -0.4 is 5.32 Å². The van der Waals surface area contributed by atoms with Gasteiger partial charge in [0.2, 0.25) is 0 Å². The predicted octanol–water partition coefficient (Wildman–Crippen LogP) is 0.520. The van der Waals surface area contributed by atoms with E-state index in [4.69, 9.17) is 9.47 Å². The number of hydrogen-bond acceptors (Lipinski definition) is 3. The lowest BCUT2D eigenvalue weighted by atomic mass is 10.2. The Morgan fingerprint density at radius 3 is 3.09 bits per heavy atom. The highest BCUT2D eigenvalue weighted by Crippen LogP contribution is 2.07. The molecule has 1 fully saturated rings. The van der Waals surface area contributed by atoms with E-state index < -0.39 is 0 Å². The van der Waals surface area contributed by atoms with Gasteiger partial charge in [-0.2, -0.15) is 0 Å². The minimum atomic E-state index is -0.346. The van der Waals surface area contributed by atoms with Crippen molar-refractivity contribution >= 4 is 6.09 Å². The fourth-order valence-corrected chi connectivity index (χ4v) is 1.04. The van der Waals surface area contributed by atoms with Crippen molar-refractivity contribution in [3.8, 4) is 0 Å². The molecule has 11 heavy (non-hydrogen) atoms. The van der Waals surface area contributed by atoms with Gasteiger partial charge in [0.1, 0.15) is 6.10 Å². The van der Waals surface area contributed by atoms with E-state index >= 15 is 0 Å². The minimum absolute atomic E-state index is 0.0149. The summed E-state index contributed by atoms with van der Waals surface area (Å²) in [5, 5.41) is 2.57. The molecule has 1 saturated heterocycles. The van der Waals surface area contributed by atoms with Crippen LogP contribution in [0.25, 0.3) is 0 Å². The Morgan fingerprint density at radius 2 is 2.64 bits per heavy atom. The second-order valence-corrected chi connectivity index (χ2v) is 2.49. The quantitative estimate of drug-likeness (QED) is 0.653. The third-order valence-corrected chi connectivity index (χ3v) is 1.66. The van der Waals surface area contributed by atoms with Crippen molar-refractivity contribution in [1.29, 1.82) is 0 Å². The SMILES string of the molecule is CCOC(C)C1CNC(=O)O1. The summed E-state index contributed by atoms with van der Waals surface area (Å²) in [6.45, 7) is 5.02. The summed E-state index contributed by atoms with van der Waals surface area (Å²) in [4.78, 5) is 10.6. The summed E-state index contributed by atoms with van der Waals surface area (Å²) >= 11 is 0. The third-order valence-electron chi connectivity index (χ3n) is 1.66. The maximum Gasteiger partial charge on any atom is 0.407 e. The molecule has 1 amide bonds. The maximum atomic E-state index is 10.6. The van der Waals surface area contributed by atoms with Crippen molar-refractivity contribution in [3.63, 3.8) is 0 Å². The van der Waals surface area contributed by atoms with E-state index in [-0.39, 0.29) is 18.3 Å². The van der Waals surface area contributed by atoms with Crippen LogP contribution in [0.15, 0.2) is 0 Å². The zero-order valence-corrected chi connectivity index (χ0v) is 6.79. The second-order valence-electron chi connectivity index (χ2n) is 2.49. The number of hydrogen-bond donors (Lipinski definition) is 1. The van der Waals surface area contributed by atoms with E-state index in [1.165, 1.54) is 0 Å². The lowest BCUT2D eigenvalue weighted by Gasteiger charge is -2.16. The van der Waals surface area contributed by atoms with Crippen LogP contribution >= 0.6 is 0 Å². The number of carbonyl (C=O) groups is 1. The maximum absolute atomic E-state index is 10.6. The molecule has 0 aromatic rings. The zero-order valence-electron chi connectivity index (χ0n) is 6.79. The highest BCUT2D eigenvalue weighted by Gasteiger charge is 2.27. The van der Waals surface area contributed by atoms with Gasteiger partial charge in [-0.3, -0.25) is 0 Å². The van der Waals surface area contributed by atoms with E-state index in [0.29, 0.717) is 13.2 Å². The molecule has 1 N–H and O–H groups in total. The zero-order chi connectivity index (χ0) is 8.27. The van der Waals surface area contributed by atoms with Crippen LogP contribution in [-0.2, 0) is 9.47 Å². The predicted molar refractivity (Wildman–Crippen MR) is 39.4 cm³/mol. The fraction of sp³-hybridized carbons (Fsp3) is 0.857. The van der Waals surface area contributed by atoms with Crippen molar-refractivity contribution in [2.24, 2.45) is 0 Å². The van der Waals surface area contributed by atoms with Crippen LogP contribution in [0.2, 0.25) is 0 Å². The second kappa shape index (κ2) is 3.57. The Labute approximate surface area is 65.9 Å². The lowest BCUT2D eigenvalue weighted by molar-refractivity contribution is -0.00884. The lowest BCUT2D eigenvalue weighted by Crippen LogP contribution is -2.29. The Balaban J connectivity index is 2.30. The first-order valence-electron chi connectivity index (χ1n) is 3.80. The number of cyclic esters (lactones) is 1. The summed E-state index contributed by atoms with van der Waals surface area (Å²) < 4.78 is 10.2. The Bertz CT molecular complexity index is 149. The molecule has 0 saturated carbocycles. The highest BCUT2D eigenvalue weighted by molar-refractivity contribution is 5.69. The molecule has 1 aliphatic heterocycles. The Kier molecular flexibility index (Phi) is 2.70. The standard InChI is InChI=1S/C7H13NO3/c1-3-10-5(2)6-4-8-7(9)11-6/h5-6H,3-4H2,1-2H3,(H,8,9). The number of alkyl carbamates (subject to hydrolysis) is 1. The first-order valence-corrected chi connectivity index (χ1v) is 3.80. The molecular formula is C7H13NO3. The first kappa shape index (κ1) is 8.33. The molecule has 2 unspecified atom stereocenters. The summed E-state index contributed by atoms with van der Waals surface area (Å²) in [5.41, 5.74) is 0. The Morgan fingerprint density at radius 1 is 1.91 bits per heavy atom. The average Bonchev–Trinajstić information content (AvgIpc) is 2.36. The van der Waals surface area contributed by atoms with E-state index in [9.17, 15) is 4.79 Å². The molecule has 0 bridgehead atoms. The number of ether oxygens (including phenoxy) is 2. The van der Waals surface area contributed by atoms with E-state index in [1.54, 1.807) is 0 Å². The van der Waals surface area contributed by atoms with Gasteiger partial charge >= 0.3 is 6.09 Å². The molecule has 1 aliphatic rings. The van der Waals surface area contributed by atoms with E-state index in [2.05, 4.69) is 5.32 Å². The summed E-state index contributed by atoms with van der Waals surface area (Å²) in [7, 11) is 0. The summed E-state index contributed by atoms with van der Waals surface area (Å²) in [6.07, 6.45) is -0.483. The van der Waals surface area contributed by atoms with Gasteiger partial charge in [-0.25, -0.2) is 4.79 Å². The van der Waals surface area contributed by atoms with E-state index in [0.717, 1.165) is 0 Å². The number of carbonyl (C=O) groups excluding carboxylic acids is 1. The van der Waals surface area contributed by atoms with Crippen molar-refractivity contribution in [1.82, 2.24) is 5.32 Å². The van der Waals surface area contributed by atoms with Gasteiger partial charge in [0.05, 0.1) is 12.6 Å². The number of rotatable bonds is 3.